The number of hydrogen-bond donors (Lipinski definition) is 1. The van der Waals surface area contributed by atoms with Gasteiger partial charge in [0.1, 0.15) is 19.8 Å². The van der Waals surface area contributed by atoms with Crippen LogP contribution in [0.5, 0.6) is 0 Å². The van der Waals surface area contributed by atoms with Crippen LogP contribution in [0, 0.1) is 0 Å². The zero-order valence-electron chi connectivity index (χ0n) is 49.2. The van der Waals surface area contributed by atoms with Gasteiger partial charge in [0.25, 0.3) is 0 Å². The van der Waals surface area contributed by atoms with E-state index >= 15 is 0 Å². The fourth-order valence-corrected chi connectivity index (χ4v) is 8.57. The van der Waals surface area contributed by atoms with E-state index in [1.54, 1.807) is 0 Å². The number of allylic oxidation sites excluding steroid dienone is 20. The first kappa shape index (κ1) is 72.4. The summed E-state index contributed by atoms with van der Waals surface area (Å²) < 4.78 is 34.6. The summed E-state index contributed by atoms with van der Waals surface area (Å²) in [7, 11) is 1.46. The van der Waals surface area contributed by atoms with Crippen molar-refractivity contribution in [1.82, 2.24) is 0 Å². The Morgan fingerprint density at radius 3 is 1.12 bits per heavy atom. The molecular formula is C66H113NO8P+. The number of rotatable bonds is 54. The summed E-state index contributed by atoms with van der Waals surface area (Å²) in [5.74, 6) is -0.817. The monoisotopic (exact) mass is 1080 g/mol. The van der Waals surface area contributed by atoms with E-state index in [2.05, 4.69) is 135 Å². The molecule has 2 atom stereocenters. The zero-order valence-corrected chi connectivity index (χ0v) is 50.1. The van der Waals surface area contributed by atoms with Crippen molar-refractivity contribution < 1.29 is 42.1 Å². The molecule has 76 heavy (non-hydrogen) atoms. The van der Waals surface area contributed by atoms with Crippen LogP contribution in [0.15, 0.2) is 122 Å². The van der Waals surface area contributed by atoms with Crippen LogP contribution < -0.4 is 0 Å². The number of phosphoric ester groups is 1. The van der Waals surface area contributed by atoms with Crippen molar-refractivity contribution in [2.75, 3.05) is 47.5 Å². The van der Waals surface area contributed by atoms with Crippen molar-refractivity contribution in [3.63, 3.8) is 0 Å². The predicted molar refractivity (Wildman–Crippen MR) is 325 cm³/mol. The first-order valence-electron chi connectivity index (χ1n) is 30.3. The Morgan fingerprint density at radius 1 is 0.421 bits per heavy atom. The molecule has 0 aromatic carbocycles. The average Bonchev–Trinajstić information content (AvgIpc) is 3.38. The van der Waals surface area contributed by atoms with E-state index in [4.69, 9.17) is 18.5 Å². The summed E-state index contributed by atoms with van der Waals surface area (Å²) in [6.45, 7) is 4.27. The van der Waals surface area contributed by atoms with Crippen molar-refractivity contribution in [2.45, 2.75) is 238 Å². The van der Waals surface area contributed by atoms with Gasteiger partial charge in [-0.25, -0.2) is 4.57 Å². The maximum absolute atomic E-state index is 12.8. The van der Waals surface area contributed by atoms with Gasteiger partial charge in [-0.2, -0.15) is 0 Å². The molecule has 0 amide bonds. The fourth-order valence-electron chi connectivity index (χ4n) is 7.83. The Hall–Kier alpha value is -3.59. The van der Waals surface area contributed by atoms with Crippen LogP contribution in [-0.4, -0.2) is 74.9 Å². The number of carbonyl (C=O) groups excluding carboxylic acids is 2. The second kappa shape index (κ2) is 56.1. The highest BCUT2D eigenvalue weighted by molar-refractivity contribution is 7.47. The van der Waals surface area contributed by atoms with E-state index in [1.165, 1.54) is 83.5 Å². The van der Waals surface area contributed by atoms with E-state index in [0.717, 1.165) is 116 Å². The minimum Gasteiger partial charge on any atom is -0.462 e. The van der Waals surface area contributed by atoms with Crippen LogP contribution in [0.25, 0.3) is 0 Å². The molecule has 434 valence electrons. The van der Waals surface area contributed by atoms with Crippen LogP contribution in [0.4, 0.5) is 0 Å². The van der Waals surface area contributed by atoms with E-state index in [1.807, 2.05) is 21.1 Å². The van der Waals surface area contributed by atoms with Gasteiger partial charge in [0.05, 0.1) is 27.7 Å². The summed E-state index contributed by atoms with van der Waals surface area (Å²) >= 11 is 0. The SMILES string of the molecule is CC/C=C\C/C=C\C/C=C\C/C=C\C/C=C\C/C=C\C/C=C\C/C=C\CCCCCCCCCCCCC(=O)OC(COC(=O)CCCCCCCCC/C=C\C/C=C\CCCCC)COP(=O)(O)OCC[N+](C)(C)C. The molecule has 0 spiro atoms. The predicted octanol–water partition coefficient (Wildman–Crippen LogP) is 19.1. The Morgan fingerprint density at radius 2 is 0.750 bits per heavy atom. The molecule has 10 heteroatoms. The van der Waals surface area contributed by atoms with Crippen molar-refractivity contribution >= 4 is 19.8 Å². The number of carbonyl (C=O) groups is 2. The van der Waals surface area contributed by atoms with Gasteiger partial charge in [-0.3, -0.25) is 18.6 Å². The van der Waals surface area contributed by atoms with Crippen LogP contribution in [0.2, 0.25) is 0 Å². The number of phosphoric acid groups is 1. The Kier molecular flexibility index (Phi) is 53.5. The van der Waals surface area contributed by atoms with Gasteiger partial charge >= 0.3 is 19.8 Å². The molecule has 0 bridgehead atoms. The molecule has 0 saturated heterocycles. The van der Waals surface area contributed by atoms with Crippen LogP contribution in [0.1, 0.15) is 232 Å². The third kappa shape index (κ3) is 59.7. The molecule has 0 saturated carbocycles. The molecule has 0 aromatic heterocycles. The zero-order chi connectivity index (χ0) is 55.6. The highest BCUT2D eigenvalue weighted by atomic mass is 31.2. The second-order valence-corrected chi connectivity index (χ2v) is 22.5. The highest BCUT2D eigenvalue weighted by Gasteiger charge is 2.27. The smallest absolute Gasteiger partial charge is 0.462 e. The number of likely N-dealkylation sites (N-methyl/N-ethyl adjacent to an activating group) is 1. The molecule has 0 aliphatic carbocycles. The molecule has 0 rings (SSSR count). The third-order valence-corrected chi connectivity index (χ3v) is 13.5. The van der Waals surface area contributed by atoms with Gasteiger partial charge in [0.15, 0.2) is 6.10 Å². The molecule has 1 N–H and O–H groups in total. The molecule has 0 fully saturated rings. The molecule has 2 unspecified atom stereocenters. The standard InChI is InChI=1S/C66H112NO8P/c1-6-8-10-12-14-16-18-20-22-24-25-26-27-28-29-30-31-32-33-34-35-36-37-38-39-40-41-43-45-47-49-51-53-55-57-59-66(69)75-64(63-74-76(70,71)73-61-60-67(3,4)5)62-72-65(68)58-56-54-52-50-48-46-44-42-23-21-19-17-15-13-11-9-7-2/h8,10,14-17,20-23,25-26,28-29,31-32,34-35,37-38,64H,6-7,9,11-13,18-19,24,27,30,33,36,39-63H2,1-5H3/p+1/b10-8-,16-14-,17-15-,22-20-,23-21-,26-25-,29-28-,32-31-,35-34-,38-37-. The highest BCUT2D eigenvalue weighted by Crippen LogP contribution is 2.43. The van der Waals surface area contributed by atoms with Gasteiger partial charge in [0.2, 0.25) is 0 Å². The molecule has 9 nitrogen and oxygen atoms in total. The van der Waals surface area contributed by atoms with Gasteiger partial charge in [-0.1, -0.05) is 232 Å². The van der Waals surface area contributed by atoms with Crippen LogP contribution in [0.3, 0.4) is 0 Å². The minimum atomic E-state index is -4.40. The Labute approximate surface area is 467 Å². The topological polar surface area (TPSA) is 108 Å². The summed E-state index contributed by atoms with van der Waals surface area (Å²) in [5, 5.41) is 0. The van der Waals surface area contributed by atoms with Gasteiger partial charge in [-0.05, 0) is 109 Å². The summed E-state index contributed by atoms with van der Waals surface area (Å²) in [6, 6.07) is 0. The lowest BCUT2D eigenvalue weighted by molar-refractivity contribution is -0.870. The average molecular weight is 1080 g/mol. The fraction of sp³-hybridized carbons (Fsp3) is 0.667. The maximum Gasteiger partial charge on any atom is 0.472 e. The summed E-state index contributed by atoms with van der Waals surface area (Å²) in [4.78, 5) is 35.7. The van der Waals surface area contributed by atoms with Crippen molar-refractivity contribution in [3.8, 4) is 0 Å². The third-order valence-electron chi connectivity index (χ3n) is 12.5. The van der Waals surface area contributed by atoms with Gasteiger partial charge in [0, 0.05) is 12.8 Å². The lowest BCUT2D eigenvalue weighted by atomic mass is 10.0. The number of nitrogens with zero attached hydrogens (tertiary/aromatic N) is 1. The largest absolute Gasteiger partial charge is 0.472 e. The van der Waals surface area contributed by atoms with Gasteiger partial charge < -0.3 is 18.9 Å². The molecule has 0 aliphatic heterocycles. The van der Waals surface area contributed by atoms with Crippen molar-refractivity contribution in [3.05, 3.63) is 122 Å². The molecule has 0 aliphatic rings. The summed E-state index contributed by atoms with van der Waals surface area (Å²) in [5.41, 5.74) is 0. The number of esters is 2. The number of unbranched alkanes of at least 4 members (excludes halogenated alkanes) is 20. The molecular weight excluding hydrogens is 966 g/mol. The lowest BCUT2D eigenvalue weighted by Gasteiger charge is -2.24. The number of quaternary nitrogens is 1. The molecule has 0 aromatic rings. The van der Waals surface area contributed by atoms with E-state index in [9.17, 15) is 19.0 Å². The second-order valence-electron chi connectivity index (χ2n) is 21.0. The normalized spacial score (nSPS) is 14.1. The van der Waals surface area contributed by atoms with Gasteiger partial charge in [-0.15, -0.1) is 0 Å². The number of ether oxygens (including phenoxy) is 2. The molecule has 0 radical (unpaired) electrons. The van der Waals surface area contributed by atoms with E-state index in [0.29, 0.717) is 17.4 Å². The quantitative estimate of drug-likeness (QED) is 0.0211. The maximum atomic E-state index is 12.8. The summed E-state index contributed by atoms with van der Waals surface area (Å²) in [6.07, 6.45) is 79.8. The Balaban J connectivity index is 4.15. The van der Waals surface area contributed by atoms with Crippen LogP contribution in [-0.2, 0) is 32.7 Å². The van der Waals surface area contributed by atoms with E-state index in [-0.39, 0.29) is 32.0 Å². The molecule has 0 heterocycles. The lowest BCUT2D eigenvalue weighted by Crippen LogP contribution is -2.37. The number of hydrogen-bond acceptors (Lipinski definition) is 7. The van der Waals surface area contributed by atoms with Crippen LogP contribution >= 0.6 is 7.82 Å². The first-order chi connectivity index (χ1) is 37.0. The van der Waals surface area contributed by atoms with E-state index < -0.39 is 26.5 Å². The first-order valence-corrected chi connectivity index (χ1v) is 31.8. The minimum absolute atomic E-state index is 0.0238. The van der Waals surface area contributed by atoms with Crippen molar-refractivity contribution in [2.24, 2.45) is 0 Å². The van der Waals surface area contributed by atoms with Crippen molar-refractivity contribution in [1.29, 1.82) is 0 Å². The Bertz CT molecular complexity index is 1700.